The van der Waals surface area contributed by atoms with Crippen LogP contribution in [0, 0.1) is 0 Å². The summed E-state index contributed by atoms with van der Waals surface area (Å²) in [6.45, 7) is 0.602. The number of nitrogens with zero attached hydrogens (tertiary/aromatic N) is 7. The van der Waals surface area contributed by atoms with E-state index < -0.39 is 0 Å². The lowest BCUT2D eigenvalue weighted by Crippen LogP contribution is -2.33. The van der Waals surface area contributed by atoms with Crippen LogP contribution in [0.2, 0.25) is 5.02 Å². The number of aliphatic hydroxyl groups is 1. The lowest BCUT2D eigenvalue weighted by Gasteiger charge is -2.27. The lowest BCUT2D eigenvalue weighted by molar-refractivity contribution is 0.0392. The molecule has 6 rings (SSSR count). The number of halogens is 1. The van der Waals surface area contributed by atoms with Crippen molar-refractivity contribution in [1.82, 2.24) is 34.1 Å². The van der Waals surface area contributed by atoms with Gasteiger partial charge in [0.2, 0.25) is 0 Å². The zero-order chi connectivity index (χ0) is 23.9. The summed E-state index contributed by atoms with van der Waals surface area (Å²) in [5, 5.41) is 14.5. The highest BCUT2D eigenvalue weighted by atomic mass is 35.5. The number of anilines is 1. The Balaban J connectivity index is 0.00000160. The quantitative estimate of drug-likeness (QED) is 0.324. The first-order chi connectivity index (χ1) is 17.2. The van der Waals surface area contributed by atoms with Gasteiger partial charge in [-0.05, 0) is 18.2 Å². The molecular weight excluding hydrogens is 536 g/mol. The molecule has 14 heteroatoms. The van der Waals surface area contributed by atoms with Crippen molar-refractivity contribution in [2.24, 2.45) is 0 Å². The number of ether oxygens (including phenoxy) is 1. The van der Waals surface area contributed by atoms with Crippen LogP contribution < -0.4 is 10.5 Å². The van der Waals surface area contributed by atoms with Crippen LogP contribution in [0.15, 0.2) is 60.0 Å². The van der Waals surface area contributed by atoms with E-state index in [0.717, 1.165) is 0 Å². The monoisotopic (exact) mass is 560 g/mol. The second-order valence-corrected chi connectivity index (χ2v) is 8.62. The summed E-state index contributed by atoms with van der Waals surface area (Å²) in [4.78, 5) is 31.9. The number of benzene rings is 1. The van der Waals surface area contributed by atoms with Gasteiger partial charge < -0.3 is 19.7 Å². The fourth-order valence-electron chi connectivity index (χ4n) is 4.68. The highest BCUT2D eigenvalue weighted by Crippen LogP contribution is 2.38. The molecule has 0 unspecified atom stereocenters. The van der Waals surface area contributed by atoms with Crippen molar-refractivity contribution in [3.63, 3.8) is 0 Å². The van der Waals surface area contributed by atoms with E-state index in [1.54, 1.807) is 23.2 Å². The highest BCUT2D eigenvalue weighted by Gasteiger charge is 2.39. The molecule has 0 saturated carbocycles. The molecule has 4 aromatic heterocycles. The zero-order valence-electron chi connectivity index (χ0n) is 19.5. The maximum absolute atomic E-state index is 13.7. The summed E-state index contributed by atoms with van der Waals surface area (Å²) in [5.41, 5.74) is 1.92. The van der Waals surface area contributed by atoms with E-state index in [1.165, 1.54) is 10.8 Å². The molecule has 0 amide bonds. The predicted molar refractivity (Wildman–Crippen MR) is 150 cm³/mol. The number of aromatic amines is 1. The number of rotatable bonds is 6. The Hall–Kier alpha value is -3.10. The molecule has 194 valence electrons. The number of aromatic nitrogens is 7. The molecule has 1 saturated heterocycles. The van der Waals surface area contributed by atoms with Crippen molar-refractivity contribution in [2.45, 2.75) is 18.6 Å². The van der Waals surface area contributed by atoms with Gasteiger partial charge in [-0.2, -0.15) is 32.1 Å². The Morgan fingerprint density at radius 3 is 2.73 bits per heavy atom. The summed E-state index contributed by atoms with van der Waals surface area (Å²) >= 11 is 6.35. The molecule has 1 aromatic carbocycles. The third-order valence-corrected chi connectivity index (χ3v) is 6.46. The van der Waals surface area contributed by atoms with Gasteiger partial charge >= 0.3 is 0 Å². The molecule has 2 N–H and O–H groups in total. The maximum atomic E-state index is 13.7. The molecule has 0 radical (unpaired) electrons. The smallest absolute Gasteiger partial charge is 0.284 e. The highest BCUT2D eigenvalue weighted by molar-refractivity contribution is 7.59. The third kappa shape index (κ3) is 4.68. The zero-order valence-corrected chi connectivity index (χ0v) is 22.2. The second-order valence-electron chi connectivity index (χ2n) is 8.21. The van der Waals surface area contributed by atoms with Gasteiger partial charge in [-0.15, -0.1) is 0 Å². The van der Waals surface area contributed by atoms with Gasteiger partial charge in [0.15, 0.2) is 17.3 Å². The number of imidazole rings is 1. The number of aliphatic hydroxyl groups excluding tert-OH is 1. The van der Waals surface area contributed by atoms with Crippen LogP contribution >= 0.6 is 38.6 Å². The molecule has 5 aromatic rings. The van der Waals surface area contributed by atoms with Crippen molar-refractivity contribution in [2.75, 3.05) is 24.7 Å². The normalized spacial score (nSPS) is 17.2. The summed E-state index contributed by atoms with van der Waals surface area (Å²) in [6, 6.07) is 10.6. The molecule has 37 heavy (non-hydrogen) atoms. The largest absolute Gasteiger partial charge is 0.394 e. The van der Waals surface area contributed by atoms with Crippen molar-refractivity contribution >= 4 is 61.1 Å². The summed E-state index contributed by atoms with van der Waals surface area (Å²) in [6.07, 6.45) is 5.02. The van der Waals surface area contributed by atoms with Crippen molar-refractivity contribution in [1.29, 1.82) is 0 Å². The van der Waals surface area contributed by atoms with Crippen LogP contribution in [0.25, 0.3) is 22.4 Å². The Kier molecular flexibility index (Phi) is 8.09. The number of hydrogen-bond acceptors (Lipinski definition) is 8. The molecule has 11 nitrogen and oxygen atoms in total. The molecule has 0 bridgehead atoms. The first-order valence-electron chi connectivity index (χ1n) is 11.1. The summed E-state index contributed by atoms with van der Waals surface area (Å²) < 4.78 is 9.03. The van der Waals surface area contributed by atoms with Gasteiger partial charge in [0.25, 0.3) is 5.56 Å². The van der Waals surface area contributed by atoms with E-state index in [4.69, 9.17) is 21.4 Å². The molecule has 1 fully saturated rings. The van der Waals surface area contributed by atoms with E-state index in [1.807, 2.05) is 35.2 Å². The van der Waals surface area contributed by atoms with Gasteiger partial charge in [0.1, 0.15) is 17.4 Å². The molecule has 5 heterocycles. The molecule has 0 spiro atoms. The molecule has 1 aliphatic rings. The number of hydrogen-bond donors (Lipinski definition) is 2. The average Bonchev–Trinajstić information content (AvgIpc) is 3.61. The van der Waals surface area contributed by atoms with Crippen LogP contribution in [0.4, 0.5) is 5.82 Å². The average molecular weight is 561 g/mol. The van der Waals surface area contributed by atoms with Gasteiger partial charge in [-0.25, -0.2) is 19.5 Å². The minimum absolute atomic E-state index is 0. The van der Waals surface area contributed by atoms with E-state index >= 15 is 0 Å². The summed E-state index contributed by atoms with van der Waals surface area (Å²) in [5.74, 6) is 1.15. The Morgan fingerprint density at radius 1 is 1.14 bits per heavy atom. The van der Waals surface area contributed by atoms with Crippen LogP contribution in [-0.2, 0) is 4.74 Å². The number of nitrogens with one attached hydrogen (secondary N) is 1. The molecule has 1 aliphatic heterocycles. The first kappa shape index (κ1) is 26.9. The lowest BCUT2D eigenvalue weighted by atomic mass is 10.1. The summed E-state index contributed by atoms with van der Waals surface area (Å²) in [7, 11) is 0. The minimum atomic E-state index is -0.376. The number of H-pyrrole nitrogens is 1. The van der Waals surface area contributed by atoms with E-state index in [-0.39, 0.29) is 57.9 Å². The van der Waals surface area contributed by atoms with Gasteiger partial charge in [-0.1, -0.05) is 29.8 Å². The minimum Gasteiger partial charge on any atom is -0.394 e. The van der Waals surface area contributed by atoms with E-state index in [9.17, 15) is 9.90 Å². The Bertz CT molecular complexity index is 1580. The first-order valence-corrected chi connectivity index (χ1v) is 11.5. The maximum Gasteiger partial charge on any atom is 0.284 e. The second kappa shape index (κ2) is 11.1. The SMILES string of the molecule is O=c1c2c(Cl)ccn2nc([C@@H]2C[C@H](OCCO)CN2c2ncnc3nc[nH]c23)n1-c1ccccc1.S.S. The van der Waals surface area contributed by atoms with Crippen molar-refractivity contribution in [3.8, 4) is 5.69 Å². The van der Waals surface area contributed by atoms with Gasteiger partial charge in [0.05, 0.1) is 42.4 Å². The van der Waals surface area contributed by atoms with Crippen molar-refractivity contribution < 1.29 is 9.84 Å². The fraction of sp³-hybridized carbons (Fsp3) is 0.261. The van der Waals surface area contributed by atoms with Gasteiger partial charge in [-0.3, -0.25) is 9.36 Å². The standard InChI is InChI=1S/C23H21ClN8O3.2H2S/c24-16-6-7-31-19(16)23(34)32(14-4-2-1-3-5-14)21(29-31)17-10-15(35-9-8-33)11-30(17)22-18-20(26-12-25-18)27-13-28-22;;/h1-7,12-13,15,17,33H,8-11H2,(H,25,26,27,28);2*1H2/t15-,17-;;/m0../s1. The van der Waals surface area contributed by atoms with Crippen LogP contribution in [-0.4, -0.2) is 65.1 Å². The van der Waals surface area contributed by atoms with Crippen molar-refractivity contribution in [3.05, 3.63) is 76.5 Å². The third-order valence-electron chi connectivity index (χ3n) is 6.16. The van der Waals surface area contributed by atoms with Gasteiger partial charge in [0, 0.05) is 19.2 Å². The van der Waals surface area contributed by atoms with Crippen LogP contribution in [0.3, 0.4) is 0 Å². The van der Waals surface area contributed by atoms with Crippen LogP contribution in [0.5, 0.6) is 0 Å². The molecule has 2 atom stereocenters. The molecule has 0 aliphatic carbocycles. The molecular formula is C23H25ClN8O3S2. The van der Waals surface area contributed by atoms with E-state index in [0.29, 0.717) is 52.0 Å². The Morgan fingerprint density at radius 2 is 1.95 bits per heavy atom. The Labute approximate surface area is 230 Å². The van der Waals surface area contributed by atoms with E-state index in [2.05, 4.69) is 19.9 Å². The number of fused-ring (bicyclic) bond motifs is 2. The predicted octanol–water partition coefficient (Wildman–Crippen LogP) is 2.36. The number of para-hydroxylation sites is 1. The fourth-order valence-corrected chi connectivity index (χ4v) is 4.90. The topological polar surface area (TPSA) is 126 Å². The van der Waals surface area contributed by atoms with Crippen LogP contribution in [0.1, 0.15) is 18.3 Å².